The maximum Gasteiger partial charge on any atom is 0.306 e. The average molecular weight is 1060 g/mol. The van der Waals surface area contributed by atoms with Crippen molar-refractivity contribution >= 4 is 17.9 Å². The van der Waals surface area contributed by atoms with Crippen molar-refractivity contribution in [3.8, 4) is 0 Å². The van der Waals surface area contributed by atoms with Crippen LogP contribution in [0.25, 0.3) is 0 Å². The van der Waals surface area contributed by atoms with E-state index in [4.69, 9.17) is 14.2 Å². The fourth-order valence-electron chi connectivity index (χ4n) is 9.57. The van der Waals surface area contributed by atoms with Crippen LogP contribution in [-0.2, 0) is 28.6 Å². The quantitative estimate of drug-likeness (QED) is 0.0261. The molecule has 0 rings (SSSR count). The van der Waals surface area contributed by atoms with Crippen LogP contribution in [0, 0.1) is 0 Å². The Bertz CT molecular complexity index is 1400. The summed E-state index contributed by atoms with van der Waals surface area (Å²) in [6.07, 6.45) is 83.6. The highest BCUT2D eigenvalue weighted by Crippen LogP contribution is 2.18. The van der Waals surface area contributed by atoms with Gasteiger partial charge in [-0.25, -0.2) is 0 Å². The minimum atomic E-state index is -0.796. The first-order valence-corrected chi connectivity index (χ1v) is 32.9. The van der Waals surface area contributed by atoms with Crippen molar-refractivity contribution in [2.24, 2.45) is 0 Å². The molecule has 440 valence electrons. The minimum absolute atomic E-state index is 0.0890. The van der Waals surface area contributed by atoms with Gasteiger partial charge >= 0.3 is 17.9 Å². The first-order chi connectivity index (χ1) is 37.5. The lowest BCUT2D eigenvalue weighted by molar-refractivity contribution is -0.167. The number of esters is 3. The Balaban J connectivity index is 4.28. The predicted octanol–water partition coefficient (Wildman–Crippen LogP) is 22.5. The fraction of sp³-hybridized carbons (Fsp3) is 0.786. The number of hydrogen-bond donors (Lipinski definition) is 0. The van der Waals surface area contributed by atoms with Crippen molar-refractivity contribution in [1.82, 2.24) is 0 Å². The SMILES string of the molecule is CC/C=C\C/C=C\C/C=C\C/C=C\C/C=C\C/C=C\CCCCC(=O)OC(COC(=O)CCCCCCCCCCCCC)COC(=O)CCCCCCCCCCCCCCCCCCCCCCCCCCCC. The van der Waals surface area contributed by atoms with Crippen LogP contribution in [-0.4, -0.2) is 37.2 Å². The van der Waals surface area contributed by atoms with Gasteiger partial charge in [0, 0.05) is 19.3 Å². The summed E-state index contributed by atoms with van der Waals surface area (Å²) in [6.45, 7) is 6.53. The average Bonchev–Trinajstić information content (AvgIpc) is 3.42. The molecule has 0 bridgehead atoms. The summed E-state index contributed by atoms with van der Waals surface area (Å²) in [4.78, 5) is 38.3. The van der Waals surface area contributed by atoms with Gasteiger partial charge in [0.15, 0.2) is 6.10 Å². The van der Waals surface area contributed by atoms with Gasteiger partial charge in [-0.1, -0.05) is 318 Å². The Labute approximate surface area is 472 Å². The highest BCUT2D eigenvalue weighted by Gasteiger charge is 2.19. The molecule has 0 aromatic rings. The van der Waals surface area contributed by atoms with E-state index in [2.05, 4.69) is 93.7 Å². The molecule has 0 aliphatic carbocycles. The first kappa shape index (κ1) is 72.8. The zero-order valence-electron chi connectivity index (χ0n) is 50.5. The van der Waals surface area contributed by atoms with Crippen LogP contribution in [0.2, 0.25) is 0 Å². The Morgan fingerprint density at radius 1 is 0.276 bits per heavy atom. The zero-order valence-corrected chi connectivity index (χ0v) is 50.5. The number of carbonyl (C=O) groups excluding carboxylic acids is 3. The predicted molar refractivity (Wildman–Crippen MR) is 330 cm³/mol. The molecule has 0 spiro atoms. The smallest absolute Gasteiger partial charge is 0.306 e. The molecule has 0 aliphatic heterocycles. The largest absolute Gasteiger partial charge is 0.462 e. The summed E-state index contributed by atoms with van der Waals surface area (Å²) in [5, 5.41) is 0. The number of allylic oxidation sites excluding steroid dienone is 12. The molecule has 6 nitrogen and oxygen atoms in total. The Hall–Kier alpha value is -3.15. The number of rotatable bonds is 60. The van der Waals surface area contributed by atoms with Gasteiger partial charge in [-0.15, -0.1) is 0 Å². The molecular formula is C70H124O6. The molecule has 0 aromatic heterocycles. The molecule has 0 amide bonds. The van der Waals surface area contributed by atoms with Gasteiger partial charge in [0.05, 0.1) is 0 Å². The van der Waals surface area contributed by atoms with E-state index in [9.17, 15) is 14.4 Å². The van der Waals surface area contributed by atoms with Gasteiger partial charge in [0.1, 0.15) is 13.2 Å². The molecule has 0 fully saturated rings. The number of hydrogen-bond acceptors (Lipinski definition) is 6. The summed E-state index contributed by atoms with van der Waals surface area (Å²) in [5.74, 6) is -0.917. The van der Waals surface area contributed by atoms with Gasteiger partial charge in [0.25, 0.3) is 0 Å². The Kier molecular flexibility index (Phi) is 61.7. The maximum absolute atomic E-state index is 12.9. The van der Waals surface area contributed by atoms with E-state index in [1.54, 1.807) is 0 Å². The Morgan fingerprint density at radius 2 is 0.513 bits per heavy atom. The van der Waals surface area contributed by atoms with Gasteiger partial charge in [0.2, 0.25) is 0 Å². The Morgan fingerprint density at radius 3 is 0.803 bits per heavy atom. The molecule has 0 radical (unpaired) electrons. The molecule has 1 atom stereocenters. The third kappa shape index (κ3) is 61.7. The maximum atomic E-state index is 12.9. The molecule has 0 saturated heterocycles. The monoisotopic (exact) mass is 1060 g/mol. The second-order valence-electron chi connectivity index (χ2n) is 22.0. The fourth-order valence-corrected chi connectivity index (χ4v) is 9.57. The lowest BCUT2D eigenvalue weighted by atomic mass is 10.0. The van der Waals surface area contributed by atoms with Crippen LogP contribution >= 0.6 is 0 Å². The van der Waals surface area contributed by atoms with E-state index < -0.39 is 6.10 Å². The van der Waals surface area contributed by atoms with Crippen molar-refractivity contribution in [1.29, 1.82) is 0 Å². The van der Waals surface area contributed by atoms with E-state index >= 15 is 0 Å². The van der Waals surface area contributed by atoms with E-state index in [0.717, 1.165) is 89.9 Å². The molecule has 0 aromatic carbocycles. The second-order valence-corrected chi connectivity index (χ2v) is 22.0. The van der Waals surface area contributed by atoms with Crippen LogP contribution < -0.4 is 0 Å². The van der Waals surface area contributed by atoms with Gasteiger partial charge < -0.3 is 14.2 Å². The van der Waals surface area contributed by atoms with E-state index in [1.165, 1.54) is 199 Å². The van der Waals surface area contributed by atoms with Crippen molar-refractivity contribution in [2.45, 2.75) is 341 Å². The molecular weight excluding hydrogens is 937 g/mol. The highest BCUT2D eigenvalue weighted by molar-refractivity contribution is 5.71. The van der Waals surface area contributed by atoms with Crippen LogP contribution in [0.4, 0.5) is 0 Å². The lowest BCUT2D eigenvalue weighted by Gasteiger charge is -2.18. The van der Waals surface area contributed by atoms with Crippen LogP contribution in [0.5, 0.6) is 0 Å². The molecule has 0 aliphatic rings. The van der Waals surface area contributed by atoms with Crippen molar-refractivity contribution in [2.75, 3.05) is 13.2 Å². The summed E-state index contributed by atoms with van der Waals surface area (Å²) in [5.41, 5.74) is 0. The minimum Gasteiger partial charge on any atom is -0.462 e. The first-order valence-electron chi connectivity index (χ1n) is 32.9. The highest BCUT2D eigenvalue weighted by atomic mass is 16.6. The number of ether oxygens (including phenoxy) is 3. The zero-order chi connectivity index (χ0) is 55.0. The molecule has 1 unspecified atom stereocenters. The third-order valence-corrected chi connectivity index (χ3v) is 14.5. The standard InChI is InChI=1S/C70H124O6/c1-4-7-10-13-16-19-22-24-26-28-30-32-33-34-35-36-38-39-41-43-45-48-51-54-57-60-63-69(72)75-66-67(65-74-68(71)62-59-56-53-50-47-21-18-15-12-9-6-3)76-70(73)64-61-58-55-52-49-46-44-42-40-37-31-29-27-25-23-20-17-14-11-8-5-2/h8,11,17,20,25,27,31,37,42,44,49,52,67H,4-7,9-10,12-16,18-19,21-24,26,28-30,32-36,38-41,43,45-48,50-51,53-66H2,1-3H3/b11-8-,20-17-,27-25-,37-31-,44-42-,52-49-. The van der Waals surface area contributed by atoms with E-state index in [-0.39, 0.29) is 37.5 Å². The lowest BCUT2D eigenvalue weighted by Crippen LogP contribution is -2.30. The summed E-state index contributed by atoms with van der Waals surface area (Å²) in [7, 11) is 0. The number of unbranched alkanes of at least 4 members (excludes halogenated alkanes) is 37. The van der Waals surface area contributed by atoms with Gasteiger partial charge in [-0.05, 0) is 70.6 Å². The van der Waals surface area contributed by atoms with Crippen LogP contribution in [0.15, 0.2) is 72.9 Å². The molecule has 76 heavy (non-hydrogen) atoms. The van der Waals surface area contributed by atoms with Gasteiger partial charge in [-0.2, -0.15) is 0 Å². The van der Waals surface area contributed by atoms with Crippen molar-refractivity contribution < 1.29 is 28.6 Å². The van der Waals surface area contributed by atoms with Crippen molar-refractivity contribution in [3.05, 3.63) is 72.9 Å². The second kappa shape index (κ2) is 64.4. The molecule has 6 heteroatoms. The van der Waals surface area contributed by atoms with Crippen molar-refractivity contribution in [3.63, 3.8) is 0 Å². The number of carbonyl (C=O) groups is 3. The molecule has 0 heterocycles. The van der Waals surface area contributed by atoms with E-state index in [1.807, 2.05) is 0 Å². The summed E-state index contributed by atoms with van der Waals surface area (Å²) >= 11 is 0. The molecule has 0 saturated carbocycles. The topological polar surface area (TPSA) is 78.9 Å². The van der Waals surface area contributed by atoms with Crippen LogP contribution in [0.3, 0.4) is 0 Å². The summed E-state index contributed by atoms with van der Waals surface area (Å²) in [6, 6.07) is 0. The summed E-state index contributed by atoms with van der Waals surface area (Å²) < 4.78 is 16.9. The van der Waals surface area contributed by atoms with E-state index in [0.29, 0.717) is 19.3 Å². The third-order valence-electron chi connectivity index (χ3n) is 14.5. The molecule has 0 N–H and O–H groups in total. The van der Waals surface area contributed by atoms with Crippen LogP contribution in [0.1, 0.15) is 335 Å². The van der Waals surface area contributed by atoms with Gasteiger partial charge in [-0.3, -0.25) is 14.4 Å². The normalized spacial score (nSPS) is 12.5.